The van der Waals surface area contributed by atoms with Gasteiger partial charge in [-0.3, -0.25) is 9.59 Å². The maximum Gasteiger partial charge on any atom is 0.316 e. The number of hydrogen-bond acceptors (Lipinski definition) is 7. The first kappa shape index (κ1) is 23.1. The van der Waals surface area contributed by atoms with Crippen molar-refractivity contribution < 1.29 is 23.5 Å². The number of carbonyl (C=O) groups is 2. The Bertz CT molecular complexity index is 910. The normalized spacial score (nSPS) is 16.2. The van der Waals surface area contributed by atoms with Gasteiger partial charge in [-0.15, -0.1) is 0 Å². The van der Waals surface area contributed by atoms with Crippen LogP contribution in [-0.2, 0) is 19.1 Å². The number of thioether (sulfide) groups is 1. The van der Waals surface area contributed by atoms with Crippen molar-refractivity contribution >= 4 is 23.6 Å². The smallest absolute Gasteiger partial charge is 0.316 e. The van der Waals surface area contributed by atoms with Crippen LogP contribution in [0.4, 0.5) is 4.39 Å². The minimum atomic E-state index is -0.356. The number of piperidine rings is 1. The molecule has 9 heteroatoms. The van der Waals surface area contributed by atoms with E-state index in [0.29, 0.717) is 31.3 Å². The van der Waals surface area contributed by atoms with Crippen LogP contribution in [0.5, 0.6) is 0 Å². The van der Waals surface area contributed by atoms with Crippen molar-refractivity contribution in [2.45, 2.75) is 30.3 Å². The maximum absolute atomic E-state index is 13.4. The number of halogens is 1. The van der Waals surface area contributed by atoms with Crippen LogP contribution in [0, 0.1) is 5.82 Å². The van der Waals surface area contributed by atoms with E-state index >= 15 is 0 Å². The molecule has 0 bridgehead atoms. The van der Waals surface area contributed by atoms with Crippen molar-refractivity contribution in [1.82, 2.24) is 14.9 Å². The van der Waals surface area contributed by atoms with E-state index in [2.05, 4.69) is 4.98 Å². The zero-order chi connectivity index (χ0) is 22.2. The fourth-order valence-electron chi connectivity index (χ4n) is 3.57. The van der Waals surface area contributed by atoms with E-state index in [1.807, 2.05) is 4.90 Å². The molecule has 3 rings (SSSR count). The summed E-state index contributed by atoms with van der Waals surface area (Å²) in [4.78, 5) is 35.0. The summed E-state index contributed by atoms with van der Waals surface area (Å²) < 4.78 is 23.2. The summed E-state index contributed by atoms with van der Waals surface area (Å²) in [5.41, 5.74) is 2.42. The van der Waals surface area contributed by atoms with Gasteiger partial charge in [0.25, 0.3) is 0 Å². The van der Waals surface area contributed by atoms with Gasteiger partial charge in [0.2, 0.25) is 5.91 Å². The molecule has 1 aliphatic heterocycles. The average Bonchev–Trinajstić information content (AvgIpc) is 2.81. The number of benzene rings is 1. The van der Waals surface area contributed by atoms with Gasteiger partial charge in [0.05, 0.1) is 31.6 Å². The summed E-state index contributed by atoms with van der Waals surface area (Å²) in [5.74, 6) is -0.489. The zero-order valence-corrected chi connectivity index (χ0v) is 18.5. The number of rotatable bonds is 8. The summed E-state index contributed by atoms with van der Waals surface area (Å²) in [6.07, 6.45) is 3.79. The van der Waals surface area contributed by atoms with E-state index in [4.69, 9.17) is 14.5 Å². The van der Waals surface area contributed by atoms with Crippen molar-refractivity contribution in [3.8, 4) is 11.1 Å². The number of likely N-dealkylation sites (tertiary alicyclic amines) is 1. The third-order valence-electron chi connectivity index (χ3n) is 5.18. The van der Waals surface area contributed by atoms with Gasteiger partial charge in [0.15, 0.2) is 5.16 Å². The van der Waals surface area contributed by atoms with Gasteiger partial charge in [-0.1, -0.05) is 23.9 Å². The van der Waals surface area contributed by atoms with Gasteiger partial charge in [-0.2, -0.15) is 0 Å². The molecule has 0 aliphatic carbocycles. The molecule has 2 heterocycles. The number of methoxy groups -OCH3 is 2. The molecule has 0 N–H and O–H groups in total. The van der Waals surface area contributed by atoms with E-state index in [0.717, 1.165) is 29.7 Å². The van der Waals surface area contributed by atoms with Crippen molar-refractivity contribution in [1.29, 1.82) is 0 Å². The van der Waals surface area contributed by atoms with E-state index in [1.54, 1.807) is 25.4 Å². The number of aromatic nitrogens is 2. The monoisotopic (exact) mass is 447 g/mol. The first-order chi connectivity index (χ1) is 15.0. The van der Waals surface area contributed by atoms with Gasteiger partial charge in [0, 0.05) is 37.9 Å². The molecule has 1 unspecified atom stereocenters. The minimum Gasteiger partial charge on any atom is -0.468 e. The number of nitrogens with zero attached hydrogens (tertiary/aromatic N) is 3. The molecule has 0 radical (unpaired) electrons. The third-order valence-corrected chi connectivity index (χ3v) is 6.01. The molecule has 1 aliphatic rings. The van der Waals surface area contributed by atoms with Crippen molar-refractivity contribution in [3.63, 3.8) is 0 Å². The molecular weight excluding hydrogens is 421 g/mol. The van der Waals surface area contributed by atoms with Crippen molar-refractivity contribution in [2.75, 3.05) is 39.7 Å². The van der Waals surface area contributed by atoms with Crippen LogP contribution in [0.1, 0.15) is 30.9 Å². The highest BCUT2D eigenvalue weighted by atomic mass is 32.2. The number of ether oxygens (including phenoxy) is 2. The van der Waals surface area contributed by atoms with Crippen molar-refractivity contribution in [3.05, 3.63) is 42.0 Å². The SMILES string of the molecule is COCCC(=O)N1CCCC(c2nc(SCC(=O)OC)ncc2-c2ccc(F)cc2)C1. The molecule has 1 atom stereocenters. The highest BCUT2D eigenvalue weighted by molar-refractivity contribution is 7.99. The highest BCUT2D eigenvalue weighted by Crippen LogP contribution is 2.34. The lowest BCUT2D eigenvalue weighted by atomic mass is 9.90. The number of amides is 1. The van der Waals surface area contributed by atoms with Crippen LogP contribution in [0.2, 0.25) is 0 Å². The van der Waals surface area contributed by atoms with Crippen LogP contribution < -0.4 is 0 Å². The molecule has 0 saturated carbocycles. The molecule has 1 saturated heterocycles. The molecule has 1 aromatic heterocycles. The second kappa shape index (κ2) is 11.2. The van der Waals surface area contributed by atoms with Gasteiger partial charge in [-0.05, 0) is 30.5 Å². The first-order valence-electron chi connectivity index (χ1n) is 10.1. The summed E-state index contributed by atoms with van der Waals surface area (Å²) in [5, 5.41) is 0.467. The molecule has 0 spiro atoms. The second-order valence-corrected chi connectivity index (χ2v) is 8.19. The lowest BCUT2D eigenvalue weighted by Crippen LogP contribution is -2.39. The van der Waals surface area contributed by atoms with Crippen LogP contribution >= 0.6 is 11.8 Å². The predicted octanol–water partition coefficient (Wildman–Crippen LogP) is 3.29. The Hall–Kier alpha value is -2.52. The minimum absolute atomic E-state index is 0.0146. The lowest BCUT2D eigenvalue weighted by molar-refractivity contribution is -0.137. The molecule has 166 valence electrons. The fraction of sp³-hybridized carbons (Fsp3) is 0.455. The number of esters is 1. The Morgan fingerprint density at radius 1 is 1.26 bits per heavy atom. The van der Waals surface area contributed by atoms with Crippen LogP contribution in [0.3, 0.4) is 0 Å². The summed E-state index contributed by atoms with van der Waals surface area (Å²) >= 11 is 1.20. The summed E-state index contributed by atoms with van der Waals surface area (Å²) in [6, 6.07) is 6.20. The number of hydrogen-bond donors (Lipinski definition) is 0. The fourth-order valence-corrected chi connectivity index (χ4v) is 4.22. The molecule has 31 heavy (non-hydrogen) atoms. The average molecular weight is 448 g/mol. The maximum atomic E-state index is 13.4. The van der Waals surface area contributed by atoms with E-state index < -0.39 is 0 Å². The Balaban J connectivity index is 1.89. The molecule has 1 amide bonds. The van der Waals surface area contributed by atoms with E-state index in [9.17, 15) is 14.0 Å². The van der Waals surface area contributed by atoms with Crippen LogP contribution in [-0.4, -0.2) is 66.4 Å². The Labute approximate surface area is 185 Å². The standard InChI is InChI=1S/C22H26FN3O4S/c1-29-11-9-19(27)26-10-3-4-16(13-26)21-18(15-5-7-17(23)8-6-15)12-24-22(25-21)31-14-20(28)30-2/h5-8,12,16H,3-4,9-11,13-14H2,1-2H3. The van der Waals surface area contributed by atoms with Crippen LogP contribution in [0.15, 0.2) is 35.6 Å². The van der Waals surface area contributed by atoms with E-state index in [1.165, 1.54) is 31.0 Å². The Kier molecular flexibility index (Phi) is 8.36. The topological polar surface area (TPSA) is 81.6 Å². The predicted molar refractivity (Wildman–Crippen MR) is 115 cm³/mol. The van der Waals surface area contributed by atoms with Gasteiger partial charge >= 0.3 is 5.97 Å². The van der Waals surface area contributed by atoms with Gasteiger partial charge in [-0.25, -0.2) is 14.4 Å². The van der Waals surface area contributed by atoms with Gasteiger partial charge < -0.3 is 14.4 Å². The Morgan fingerprint density at radius 2 is 2.03 bits per heavy atom. The molecule has 7 nitrogen and oxygen atoms in total. The number of carbonyl (C=O) groups excluding carboxylic acids is 2. The highest BCUT2D eigenvalue weighted by Gasteiger charge is 2.28. The van der Waals surface area contributed by atoms with Crippen LogP contribution in [0.25, 0.3) is 11.1 Å². The van der Waals surface area contributed by atoms with E-state index in [-0.39, 0.29) is 29.4 Å². The molecule has 1 aromatic carbocycles. The quantitative estimate of drug-likeness (QED) is 0.349. The largest absolute Gasteiger partial charge is 0.468 e. The first-order valence-corrected chi connectivity index (χ1v) is 11.1. The zero-order valence-electron chi connectivity index (χ0n) is 17.7. The molecule has 2 aromatic rings. The van der Waals surface area contributed by atoms with Gasteiger partial charge in [0.1, 0.15) is 5.82 Å². The summed E-state index contributed by atoms with van der Waals surface area (Å²) in [6.45, 7) is 1.65. The lowest BCUT2D eigenvalue weighted by Gasteiger charge is -2.33. The van der Waals surface area contributed by atoms with Crippen molar-refractivity contribution in [2.24, 2.45) is 0 Å². The Morgan fingerprint density at radius 3 is 2.74 bits per heavy atom. The second-order valence-electron chi connectivity index (χ2n) is 7.24. The molecule has 1 fully saturated rings. The molecular formula is C22H26FN3O4S. The third kappa shape index (κ3) is 6.24. The summed E-state index contributed by atoms with van der Waals surface area (Å²) in [7, 11) is 2.92.